The zero-order valence-corrected chi connectivity index (χ0v) is 36.3. The van der Waals surface area contributed by atoms with Gasteiger partial charge < -0.3 is 4.42 Å². The van der Waals surface area contributed by atoms with Crippen molar-refractivity contribution in [1.82, 2.24) is 19.9 Å². The molecule has 12 rings (SSSR count). The van der Waals surface area contributed by atoms with Crippen molar-refractivity contribution in [2.75, 3.05) is 0 Å². The molecule has 314 valence electrons. The van der Waals surface area contributed by atoms with Crippen LogP contribution in [0.5, 0.6) is 0 Å². The Bertz CT molecular complexity index is 3570. The molecule has 0 aliphatic carbocycles. The average molecular weight is 857 g/mol. The van der Waals surface area contributed by atoms with Gasteiger partial charge in [0.05, 0.1) is 17.1 Å². The first-order chi connectivity index (χ1) is 33.2. The molecule has 0 unspecified atom stereocenters. The Hall–Kier alpha value is -9.06. The first-order valence-electron chi connectivity index (χ1n) is 22.4. The minimum absolute atomic E-state index is 0.637. The number of pyridine rings is 4. The van der Waals surface area contributed by atoms with Gasteiger partial charge in [0.25, 0.3) is 0 Å². The Morgan fingerprint density at radius 1 is 0.254 bits per heavy atom. The number of benzene rings is 7. The molecule has 5 aromatic heterocycles. The van der Waals surface area contributed by atoms with Crippen molar-refractivity contribution in [2.24, 2.45) is 0 Å². The Balaban J connectivity index is 0.977. The Morgan fingerprint density at radius 3 is 1.06 bits per heavy atom. The second-order valence-electron chi connectivity index (χ2n) is 16.6. The molecule has 0 N–H and O–H groups in total. The van der Waals surface area contributed by atoms with Crippen LogP contribution in [-0.4, -0.2) is 19.9 Å². The van der Waals surface area contributed by atoms with Gasteiger partial charge in [0.15, 0.2) is 0 Å². The summed E-state index contributed by atoms with van der Waals surface area (Å²) in [6, 6.07) is 76.6. The first kappa shape index (κ1) is 39.5. The second kappa shape index (κ2) is 17.1. The fourth-order valence-electron chi connectivity index (χ4n) is 9.21. The van der Waals surface area contributed by atoms with Gasteiger partial charge in [0.1, 0.15) is 5.58 Å². The molecule has 0 bridgehead atoms. The molecule has 0 amide bonds. The number of hydrogen-bond donors (Lipinski definition) is 0. The second-order valence-corrected chi connectivity index (χ2v) is 16.6. The van der Waals surface area contributed by atoms with Crippen molar-refractivity contribution < 1.29 is 4.42 Å². The lowest BCUT2D eigenvalue weighted by molar-refractivity contribution is 0.654. The van der Waals surface area contributed by atoms with Gasteiger partial charge in [0, 0.05) is 68.9 Å². The number of hydrogen-bond acceptors (Lipinski definition) is 5. The molecule has 0 aliphatic heterocycles. The van der Waals surface area contributed by atoms with Gasteiger partial charge in [-0.05, 0) is 117 Å². The van der Waals surface area contributed by atoms with Crippen LogP contribution in [-0.2, 0) is 0 Å². The number of aromatic nitrogens is 4. The zero-order chi connectivity index (χ0) is 44.5. The molecule has 0 atom stereocenters. The molecular formula is C62H40N4O. The van der Waals surface area contributed by atoms with Crippen molar-refractivity contribution >= 4 is 22.1 Å². The van der Waals surface area contributed by atoms with E-state index in [-0.39, 0.29) is 0 Å². The van der Waals surface area contributed by atoms with E-state index in [9.17, 15) is 0 Å². The standard InChI is InChI=1S/C62H40N4O/c1-3-14-41(15-4-1)58-29-25-44(38-64-58)50-18-7-10-21-53(50)47-34-48(54-22-11-8-19-51(54)45-26-30-59(65-39-45)42-16-5-2-6-17-42)36-49(35-47)55-23-12-9-20-52(55)46-27-31-60(66-40-46)43-28-32-61-57(37-43)56-24-13-33-63-62(56)67-61/h1-40H. The Morgan fingerprint density at radius 2 is 0.642 bits per heavy atom. The van der Waals surface area contributed by atoms with E-state index in [2.05, 4.69) is 169 Å². The lowest BCUT2D eigenvalue weighted by Gasteiger charge is -2.18. The third-order valence-electron chi connectivity index (χ3n) is 12.6. The summed E-state index contributed by atoms with van der Waals surface area (Å²) in [5.41, 5.74) is 20.5. The summed E-state index contributed by atoms with van der Waals surface area (Å²) in [6.45, 7) is 0. The van der Waals surface area contributed by atoms with Crippen molar-refractivity contribution in [3.63, 3.8) is 0 Å². The van der Waals surface area contributed by atoms with E-state index in [4.69, 9.17) is 19.4 Å². The van der Waals surface area contributed by atoms with Gasteiger partial charge in [-0.3, -0.25) is 15.0 Å². The van der Waals surface area contributed by atoms with Crippen LogP contribution in [0.4, 0.5) is 0 Å². The minimum atomic E-state index is 0.637. The highest BCUT2D eigenvalue weighted by Gasteiger charge is 2.18. The molecule has 0 radical (unpaired) electrons. The minimum Gasteiger partial charge on any atom is -0.438 e. The Labute approximate surface area is 388 Å². The van der Waals surface area contributed by atoms with Gasteiger partial charge in [-0.2, -0.15) is 0 Å². The molecule has 0 fully saturated rings. The number of nitrogens with zero attached hydrogens (tertiary/aromatic N) is 4. The van der Waals surface area contributed by atoms with Crippen LogP contribution in [0.25, 0.3) is 123 Å². The van der Waals surface area contributed by atoms with Gasteiger partial charge in [-0.25, -0.2) is 4.98 Å². The summed E-state index contributed by atoms with van der Waals surface area (Å²) in [4.78, 5) is 19.3. The van der Waals surface area contributed by atoms with E-state index in [0.29, 0.717) is 5.71 Å². The van der Waals surface area contributed by atoms with E-state index in [1.807, 2.05) is 73.2 Å². The smallest absolute Gasteiger partial charge is 0.227 e. The van der Waals surface area contributed by atoms with Crippen LogP contribution in [0.1, 0.15) is 0 Å². The van der Waals surface area contributed by atoms with Gasteiger partial charge >= 0.3 is 0 Å². The first-order valence-corrected chi connectivity index (χ1v) is 22.4. The van der Waals surface area contributed by atoms with E-state index in [1.165, 1.54) is 0 Å². The highest BCUT2D eigenvalue weighted by atomic mass is 16.3. The highest BCUT2D eigenvalue weighted by Crippen LogP contribution is 2.43. The molecule has 0 aliphatic rings. The van der Waals surface area contributed by atoms with Crippen LogP contribution < -0.4 is 0 Å². The monoisotopic (exact) mass is 856 g/mol. The topological polar surface area (TPSA) is 64.7 Å². The van der Waals surface area contributed by atoms with Crippen molar-refractivity contribution in [3.8, 4) is 101 Å². The largest absolute Gasteiger partial charge is 0.438 e. The molecule has 0 saturated carbocycles. The molecular weight excluding hydrogens is 817 g/mol. The third kappa shape index (κ3) is 7.64. The molecule has 67 heavy (non-hydrogen) atoms. The van der Waals surface area contributed by atoms with E-state index >= 15 is 0 Å². The van der Waals surface area contributed by atoms with Crippen molar-refractivity contribution in [2.45, 2.75) is 0 Å². The lowest BCUT2D eigenvalue weighted by Crippen LogP contribution is -1.93. The summed E-state index contributed by atoms with van der Waals surface area (Å²) >= 11 is 0. The van der Waals surface area contributed by atoms with Crippen LogP contribution in [0, 0.1) is 0 Å². The van der Waals surface area contributed by atoms with Gasteiger partial charge in [-0.1, -0.05) is 152 Å². The maximum Gasteiger partial charge on any atom is 0.227 e. The highest BCUT2D eigenvalue weighted by molar-refractivity contribution is 6.05. The number of fused-ring (bicyclic) bond motifs is 3. The number of rotatable bonds is 9. The predicted molar refractivity (Wildman–Crippen MR) is 274 cm³/mol. The van der Waals surface area contributed by atoms with Gasteiger partial charge in [-0.15, -0.1) is 0 Å². The van der Waals surface area contributed by atoms with E-state index in [1.54, 1.807) is 6.20 Å². The van der Waals surface area contributed by atoms with Crippen molar-refractivity contribution in [1.29, 1.82) is 0 Å². The van der Waals surface area contributed by atoms with Crippen LogP contribution >= 0.6 is 0 Å². The summed E-state index contributed by atoms with van der Waals surface area (Å²) in [7, 11) is 0. The van der Waals surface area contributed by atoms with Crippen molar-refractivity contribution in [3.05, 3.63) is 243 Å². The normalized spacial score (nSPS) is 11.3. The average Bonchev–Trinajstić information content (AvgIpc) is 3.79. The maximum absolute atomic E-state index is 6.01. The molecule has 0 saturated heterocycles. The molecule has 5 nitrogen and oxygen atoms in total. The third-order valence-corrected chi connectivity index (χ3v) is 12.6. The van der Waals surface area contributed by atoms with Crippen LogP contribution in [0.3, 0.4) is 0 Å². The maximum atomic E-state index is 6.01. The van der Waals surface area contributed by atoms with Crippen LogP contribution in [0.2, 0.25) is 0 Å². The molecule has 0 spiro atoms. The molecule has 12 aromatic rings. The predicted octanol–water partition coefficient (Wildman–Crippen LogP) is 16.2. The fourth-order valence-corrected chi connectivity index (χ4v) is 9.21. The molecule has 5 heterocycles. The molecule has 5 heteroatoms. The number of furan rings is 1. The lowest BCUT2D eigenvalue weighted by atomic mass is 9.86. The Kier molecular flexibility index (Phi) is 10.1. The van der Waals surface area contributed by atoms with E-state index in [0.717, 1.165) is 117 Å². The van der Waals surface area contributed by atoms with Crippen LogP contribution in [0.15, 0.2) is 248 Å². The zero-order valence-electron chi connectivity index (χ0n) is 36.3. The van der Waals surface area contributed by atoms with E-state index < -0.39 is 0 Å². The molecule has 7 aromatic carbocycles. The quantitative estimate of drug-likeness (QED) is 0.145. The summed E-state index contributed by atoms with van der Waals surface area (Å²) < 4.78 is 6.01. The summed E-state index contributed by atoms with van der Waals surface area (Å²) in [6.07, 6.45) is 7.73. The fraction of sp³-hybridized carbons (Fsp3) is 0. The SMILES string of the molecule is c1ccc(-c2ccc(-c3ccccc3-c3cc(-c4ccccc4-c4ccc(-c5ccccc5)nc4)cc(-c4ccccc4-c4ccc(-c5ccc6oc7ncccc7c6c5)nc4)c3)cn2)cc1. The summed E-state index contributed by atoms with van der Waals surface area (Å²) in [5, 5.41) is 2.02. The van der Waals surface area contributed by atoms with Gasteiger partial charge in [0.2, 0.25) is 5.71 Å². The summed E-state index contributed by atoms with van der Waals surface area (Å²) in [5.74, 6) is 0.